The molecule has 0 aliphatic heterocycles. The van der Waals surface area contributed by atoms with Crippen LogP contribution in [0.3, 0.4) is 0 Å². The third kappa shape index (κ3) is 4.12. The van der Waals surface area contributed by atoms with E-state index in [-0.39, 0.29) is 0 Å². The number of hydrogen-bond donors (Lipinski definition) is 2. The number of rotatable bonds is 4. The van der Waals surface area contributed by atoms with E-state index in [4.69, 9.17) is 5.26 Å². The van der Waals surface area contributed by atoms with Crippen LogP contribution in [0.25, 0.3) is 0 Å². The Bertz CT molecular complexity index is 939. The average molecular weight is 329 g/mol. The van der Waals surface area contributed by atoms with E-state index in [1.54, 1.807) is 12.1 Å². The highest BCUT2D eigenvalue weighted by atomic mass is 15.1. The maximum atomic E-state index is 8.87. The van der Waals surface area contributed by atoms with Gasteiger partial charge in [-0.05, 0) is 62.2 Å². The maximum Gasteiger partial charge on any atom is 0.136 e. The van der Waals surface area contributed by atoms with Gasteiger partial charge in [0.15, 0.2) is 0 Å². The van der Waals surface area contributed by atoms with E-state index in [2.05, 4.69) is 58.7 Å². The molecule has 0 aliphatic rings. The number of anilines is 4. The number of nitriles is 1. The third-order valence-corrected chi connectivity index (χ3v) is 3.78. The van der Waals surface area contributed by atoms with Crippen LogP contribution in [0.15, 0.2) is 48.5 Å². The van der Waals surface area contributed by atoms with E-state index in [1.165, 1.54) is 5.56 Å². The zero-order valence-corrected chi connectivity index (χ0v) is 14.5. The first-order valence-electron chi connectivity index (χ1n) is 8.00. The van der Waals surface area contributed by atoms with Crippen molar-refractivity contribution in [1.82, 2.24) is 9.97 Å². The van der Waals surface area contributed by atoms with E-state index < -0.39 is 0 Å². The van der Waals surface area contributed by atoms with Crippen LogP contribution in [0.5, 0.6) is 0 Å². The molecule has 0 saturated heterocycles. The van der Waals surface area contributed by atoms with Gasteiger partial charge >= 0.3 is 0 Å². The average Bonchev–Trinajstić information content (AvgIpc) is 2.58. The Hall–Kier alpha value is -3.39. The van der Waals surface area contributed by atoms with Crippen molar-refractivity contribution in [1.29, 1.82) is 5.26 Å². The summed E-state index contributed by atoms with van der Waals surface area (Å²) in [4.78, 5) is 8.89. The first-order chi connectivity index (χ1) is 12.0. The molecule has 0 atom stereocenters. The Kier molecular flexibility index (Phi) is 4.62. The molecule has 0 bridgehead atoms. The van der Waals surface area contributed by atoms with Crippen LogP contribution in [0.2, 0.25) is 0 Å². The summed E-state index contributed by atoms with van der Waals surface area (Å²) in [5.74, 6) is 2.11. The van der Waals surface area contributed by atoms with Crippen molar-refractivity contribution in [3.63, 3.8) is 0 Å². The lowest BCUT2D eigenvalue weighted by atomic mass is 10.1. The second-order valence-corrected chi connectivity index (χ2v) is 5.94. The predicted octanol–water partition coefficient (Wildman–Crippen LogP) is 4.76. The van der Waals surface area contributed by atoms with Crippen LogP contribution in [0.4, 0.5) is 23.0 Å². The largest absolute Gasteiger partial charge is 0.340 e. The van der Waals surface area contributed by atoms with Gasteiger partial charge in [-0.3, -0.25) is 0 Å². The van der Waals surface area contributed by atoms with Crippen molar-refractivity contribution in [3.8, 4) is 6.07 Å². The lowest BCUT2D eigenvalue weighted by Gasteiger charge is -2.12. The van der Waals surface area contributed by atoms with E-state index in [9.17, 15) is 0 Å². The molecule has 0 aliphatic carbocycles. The topological polar surface area (TPSA) is 73.6 Å². The minimum absolute atomic E-state index is 0.627. The number of nitrogens with one attached hydrogen (secondary N) is 2. The van der Waals surface area contributed by atoms with Gasteiger partial charge in [0.05, 0.1) is 11.6 Å². The fraction of sp³-hybridized carbons (Fsp3) is 0.150. The fourth-order valence-corrected chi connectivity index (χ4v) is 2.48. The molecule has 2 N–H and O–H groups in total. The van der Waals surface area contributed by atoms with Crippen LogP contribution in [-0.2, 0) is 0 Å². The van der Waals surface area contributed by atoms with E-state index in [0.717, 1.165) is 22.8 Å². The van der Waals surface area contributed by atoms with E-state index >= 15 is 0 Å². The molecule has 0 fully saturated rings. The summed E-state index contributed by atoms with van der Waals surface area (Å²) < 4.78 is 0. The van der Waals surface area contributed by atoms with Gasteiger partial charge in [0.2, 0.25) is 0 Å². The lowest BCUT2D eigenvalue weighted by Crippen LogP contribution is -2.02. The van der Waals surface area contributed by atoms with Gasteiger partial charge < -0.3 is 10.6 Å². The molecule has 2 aromatic carbocycles. The molecule has 0 spiro atoms. The Morgan fingerprint density at radius 2 is 1.52 bits per heavy atom. The molecular formula is C20H19N5. The second kappa shape index (κ2) is 7.02. The molecule has 0 amide bonds. The fourth-order valence-electron chi connectivity index (χ4n) is 2.48. The molecule has 3 rings (SSSR count). The maximum absolute atomic E-state index is 8.87. The molecule has 3 aromatic rings. The highest BCUT2D eigenvalue weighted by Gasteiger charge is 2.05. The highest BCUT2D eigenvalue weighted by molar-refractivity contribution is 5.65. The van der Waals surface area contributed by atoms with Gasteiger partial charge in [0.25, 0.3) is 0 Å². The van der Waals surface area contributed by atoms with Crippen LogP contribution in [0.1, 0.15) is 22.5 Å². The molecule has 0 radical (unpaired) electrons. The first kappa shape index (κ1) is 16.5. The minimum atomic E-state index is 0.627. The second-order valence-electron chi connectivity index (χ2n) is 5.94. The lowest BCUT2D eigenvalue weighted by molar-refractivity contribution is 1.06. The van der Waals surface area contributed by atoms with Crippen molar-refractivity contribution >= 4 is 23.0 Å². The van der Waals surface area contributed by atoms with Crippen LogP contribution >= 0.6 is 0 Å². The molecule has 0 saturated carbocycles. The molecule has 5 nitrogen and oxygen atoms in total. The van der Waals surface area contributed by atoms with Crippen LogP contribution < -0.4 is 10.6 Å². The summed E-state index contributed by atoms with van der Waals surface area (Å²) in [6, 6.07) is 17.5. The molecular weight excluding hydrogens is 310 g/mol. The first-order valence-corrected chi connectivity index (χ1v) is 8.00. The Balaban J connectivity index is 1.84. The molecule has 1 aromatic heterocycles. The van der Waals surface area contributed by atoms with Crippen molar-refractivity contribution < 1.29 is 0 Å². The molecule has 124 valence electrons. The SMILES string of the molecule is Cc1ccc(C)c(Nc2cc(Nc3ccc(C#N)cc3)nc(C)n2)c1. The highest BCUT2D eigenvalue weighted by Crippen LogP contribution is 2.23. The normalized spacial score (nSPS) is 10.2. The van der Waals surface area contributed by atoms with Crippen LogP contribution in [0, 0.1) is 32.1 Å². The summed E-state index contributed by atoms with van der Waals surface area (Å²) in [5.41, 5.74) is 4.87. The number of nitrogens with zero attached hydrogens (tertiary/aromatic N) is 3. The zero-order chi connectivity index (χ0) is 17.8. The smallest absolute Gasteiger partial charge is 0.136 e. The number of benzene rings is 2. The van der Waals surface area contributed by atoms with Crippen molar-refractivity contribution in [2.45, 2.75) is 20.8 Å². The quantitative estimate of drug-likeness (QED) is 0.722. The summed E-state index contributed by atoms with van der Waals surface area (Å²) in [7, 11) is 0. The molecule has 1 heterocycles. The number of aromatic nitrogens is 2. The summed E-state index contributed by atoms with van der Waals surface area (Å²) in [6.45, 7) is 5.98. The van der Waals surface area contributed by atoms with Gasteiger partial charge in [0.1, 0.15) is 17.5 Å². The Morgan fingerprint density at radius 1 is 0.840 bits per heavy atom. The third-order valence-electron chi connectivity index (χ3n) is 3.78. The van der Waals surface area contributed by atoms with E-state index in [0.29, 0.717) is 17.2 Å². The minimum Gasteiger partial charge on any atom is -0.340 e. The van der Waals surface area contributed by atoms with Crippen molar-refractivity contribution in [2.24, 2.45) is 0 Å². The summed E-state index contributed by atoms with van der Waals surface area (Å²) in [6.07, 6.45) is 0. The molecule has 25 heavy (non-hydrogen) atoms. The Morgan fingerprint density at radius 3 is 2.20 bits per heavy atom. The molecule has 5 heteroatoms. The van der Waals surface area contributed by atoms with Gasteiger partial charge in [-0.15, -0.1) is 0 Å². The van der Waals surface area contributed by atoms with Gasteiger partial charge in [-0.2, -0.15) is 5.26 Å². The monoisotopic (exact) mass is 329 g/mol. The number of aryl methyl sites for hydroxylation is 3. The zero-order valence-electron chi connectivity index (χ0n) is 14.5. The summed E-state index contributed by atoms with van der Waals surface area (Å²) >= 11 is 0. The van der Waals surface area contributed by atoms with Crippen molar-refractivity contribution in [3.05, 3.63) is 71.0 Å². The molecule has 0 unspecified atom stereocenters. The predicted molar refractivity (Wildman–Crippen MR) is 100 cm³/mol. The summed E-state index contributed by atoms with van der Waals surface area (Å²) in [5, 5.41) is 15.5. The van der Waals surface area contributed by atoms with E-state index in [1.807, 2.05) is 25.1 Å². The number of hydrogen-bond acceptors (Lipinski definition) is 5. The van der Waals surface area contributed by atoms with Crippen LogP contribution in [-0.4, -0.2) is 9.97 Å². The van der Waals surface area contributed by atoms with Gasteiger partial charge in [-0.25, -0.2) is 9.97 Å². The van der Waals surface area contributed by atoms with Crippen molar-refractivity contribution in [2.75, 3.05) is 10.6 Å². The Labute approximate surface area is 147 Å². The van der Waals surface area contributed by atoms with Gasteiger partial charge in [-0.1, -0.05) is 12.1 Å². The van der Waals surface area contributed by atoms with Gasteiger partial charge in [0, 0.05) is 17.4 Å². The standard InChI is InChI=1S/C20H19N5/c1-13-4-5-14(2)18(10-13)25-20-11-19(22-15(3)23-20)24-17-8-6-16(12-21)7-9-17/h4-11H,1-3H3,(H2,22,23,24,25).